The molecule has 0 aromatic heterocycles. The molecule has 1 rings (SSSR count). The third-order valence-electron chi connectivity index (χ3n) is 16.3. The Balaban J connectivity index is 2.04. The van der Waals surface area contributed by atoms with E-state index < -0.39 is 49.5 Å². The van der Waals surface area contributed by atoms with E-state index in [4.69, 9.17) is 9.47 Å². The lowest BCUT2D eigenvalue weighted by molar-refractivity contribution is -0.302. The molecule has 1 fully saturated rings. The van der Waals surface area contributed by atoms with Gasteiger partial charge in [0.2, 0.25) is 5.91 Å². The van der Waals surface area contributed by atoms with Gasteiger partial charge in [-0.2, -0.15) is 0 Å². The summed E-state index contributed by atoms with van der Waals surface area (Å²) in [6, 6.07) is -0.716. The molecule has 9 nitrogen and oxygen atoms in total. The average molecular weight is 1080 g/mol. The van der Waals surface area contributed by atoms with E-state index in [0.29, 0.717) is 12.8 Å². The first kappa shape index (κ1) is 72.7. The minimum Gasteiger partial charge on any atom is -0.394 e. The average Bonchev–Trinajstić information content (AvgIpc) is 3.42. The van der Waals surface area contributed by atoms with E-state index in [1.165, 1.54) is 270 Å². The molecule has 450 valence electrons. The summed E-state index contributed by atoms with van der Waals surface area (Å²) in [6.07, 6.45) is 66.8. The number of amides is 1. The summed E-state index contributed by atoms with van der Waals surface area (Å²) in [7, 11) is 0. The lowest BCUT2D eigenvalue weighted by Gasteiger charge is -2.40. The van der Waals surface area contributed by atoms with Crippen LogP contribution in [0.15, 0.2) is 24.3 Å². The van der Waals surface area contributed by atoms with Crippen LogP contribution in [-0.4, -0.2) is 87.5 Å². The highest BCUT2D eigenvalue weighted by Gasteiger charge is 2.44. The molecule has 6 N–H and O–H groups in total. The van der Waals surface area contributed by atoms with Crippen molar-refractivity contribution in [3.05, 3.63) is 24.3 Å². The van der Waals surface area contributed by atoms with E-state index in [-0.39, 0.29) is 12.5 Å². The van der Waals surface area contributed by atoms with Crippen molar-refractivity contribution in [3.63, 3.8) is 0 Å². The highest BCUT2D eigenvalue weighted by atomic mass is 16.7. The van der Waals surface area contributed by atoms with Crippen LogP contribution < -0.4 is 5.32 Å². The van der Waals surface area contributed by atoms with Gasteiger partial charge in [0.25, 0.3) is 0 Å². The number of hydrogen-bond acceptors (Lipinski definition) is 8. The Morgan fingerprint density at radius 1 is 0.447 bits per heavy atom. The maximum Gasteiger partial charge on any atom is 0.220 e. The Labute approximate surface area is 470 Å². The Morgan fingerprint density at radius 3 is 1.13 bits per heavy atom. The SMILES string of the molecule is CCCCCCC/C=C\C/C=C\CCCCCCCCCCCCCCCCCCCCCCCCCCCC(=O)NC(COC1OC(CO)C(O)C(O)C1O)C(O)CCCCCCCCCCCCCCCCCC. The zero-order valence-electron chi connectivity index (χ0n) is 50.3. The van der Waals surface area contributed by atoms with Crippen LogP contribution in [0.1, 0.15) is 341 Å². The largest absolute Gasteiger partial charge is 0.394 e. The van der Waals surface area contributed by atoms with E-state index in [0.717, 1.165) is 44.9 Å². The highest BCUT2D eigenvalue weighted by Crippen LogP contribution is 2.24. The summed E-state index contributed by atoms with van der Waals surface area (Å²) in [6.45, 7) is 3.87. The van der Waals surface area contributed by atoms with Gasteiger partial charge in [-0.25, -0.2) is 0 Å². The summed E-state index contributed by atoms with van der Waals surface area (Å²) < 4.78 is 11.3. The molecule has 1 aliphatic heterocycles. The van der Waals surface area contributed by atoms with E-state index in [9.17, 15) is 30.3 Å². The van der Waals surface area contributed by atoms with Gasteiger partial charge in [-0.05, 0) is 44.9 Å². The maximum absolute atomic E-state index is 13.1. The third kappa shape index (κ3) is 45.4. The van der Waals surface area contributed by atoms with Crippen LogP contribution >= 0.6 is 0 Å². The quantitative estimate of drug-likeness (QED) is 0.0261. The monoisotopic (exact) mass is 1080 g/mol. The van der Waals surface area contributed by atoms with Gasteiger partial charge < -0.3 is 40.3 Å². The number of ether oxygens (including phenoxy) is 2. The van der Waals surface area contributed by atoms with Crippen molar-refractivity contribution >= 4 is 5.91 Å². The lowest BCUT2D eigenvalue weighted by Crippen LogP contribution is -2.60. The number of aliphatic hydroxyl groups is 5. The zero-order chi connectivity index (χ0) is 55.0. The summed E-state index contributed by atoms with van der Waals surface area (Å²) in [5.41, 5.74) is 0. The number of carbonyl (C=O) groups is 1. The van der Waals surface area contributed by atoms with Gasteiger partial charge in [0.05, 0.1) is 25.4 Å². The van der Waals surface area contributed by atoms with Gasteiger partial charge in [0, 0.05) is 6.42 Å². The molecule has 1 aliphatic rings. The second-order valence-electron chi connectivity index (χ2n) is 23.6. The lowest BCUT2D eigenvalue weighted by atomic mass is 9.99. The summed E-state index contributed by atoms with van der Waals surface area (Å²) in [5.74, 6) is -0.137. The number of allylic oxidation sites excluding steroid dienone is 4. The standard InChI is InChI=1S/C67H129NO8/c1-3-5-7-9-11-13-15-17-19-21-22-23-24-25-26-27-28-29-30-31-32-33-34-35-36-37-38-39-40-41-43-45-47-49-51-53-55-57-63(71)68-60(59-75-67-66(74)65(73)64(72)62(58-69)76-67)61(70)56-54-52-50-48-46-44-42-20-18-16-14-12-10-8-6-4-2/h15,17,21-22,60-62,64-67,69-70,72-74H,3-14,16,18-20,23-59H2,1-2H3,(H,68,71)/b17-15-,22-21-. The molecule has 9 heteroatoms. The van der Waals surface area contributed by atoms with Crippen molar-refractivity contribution in [3.8, 4) is 0 Å². The molecule has 7 unspecified atom stereocenters. The normalized spacial score (nSPS) is 18.9. The molecule has 1 amide bonds. The smallest absolute Gasteiger partial charge is 0.220 e. The number of unbranched alkanes of at least 4 members (excludes halogenated alkanes) is 45. The van der Waals surface area contributed by atoms with Crippen LogP contribution in [0.3, 0.4) is 0 Å². The van der Waals surface area contributed by atoms with Gasteiger partial charge in [-0.15, -0.1) is 0 Å². The molecule has 1 saturated heterocycles. The van der Waals surface area contributed by atoms with Crippen LogP contribution in [-0.2, 0) is 14.3 Å². The minimum atomic E-state index is -1.55. The van der Waals surface area contributed by atoms with Gasteiger partial charge in [0.1, 0.15) is 24.4 Å². The zero-order valence-corrected chi connectivity index (χ0v) is 50.3. The maximum atomic E-state index is 13.1. The Morgan fingerprint density at radius 2 is 0.776 bits per heavy atom. The molecule has 0 radical (unpaired) electrons. The van der Waals surface area contributed by atoms with Crippen LogP contribution in [0, 0.1) is 0 Å². The van der Waals surface area contributed by atoms with Crippen LogP contribution in [0.4, 0.5) is 0 Å². The van der Waals surface area contributed by atoms with Crippen molar-refractivity contribution in [2.24, 2.45) is 0 Å². The van der Waals surface area contributed by atoms with Crippen molar-refractivity contribution < 1.29 is 39.8 Å². The molecule has 0 aliphatic carbocycles. The van der Waals surface area contributed by atoms with E-state index >= 15 is 0 Å². The molecule has 0 saturated carbocycles. The number of aliphatic hydroxyl groups excluding tert-OH is 5. The third-order valence-corrected chi connectivity index (χ3v) is 16.3. The first-order chi connectivity index (χ1) is 37.3. The Kier molecular flexibility index (Phi) is 54.4. The number of rotatable bonds is 59. The van der Waals surface area contributed by atoms with E-state index in [1.54, 1.807) is 0 Å². The second-order valence-corrected chi connectivity index (χ2v) is 23.6. The van der Waals surface area contributed by atoms with Crippen LogP contribution in [0.2, 0.25) is 0 Å². The Bertz CT molecular complexity index is 1250. The molecule has 0 spiro atoms. The van der Waals surface area contributed by atoms with Crippen LogP contribution in [0.5, 0.6) is 0 Å². The van der Waals surface area contributed by atoms with Crippen molar-refractivity contribution in [2.75, 3.05) is 13.2 Å². The fourth-order valence-corrected chi connectivity index (χ4v) is 11.0. The van der Waals surface area contributed by atoms with Gasteiger partial charge in [0.15, 0.2) is 6.29 Å². The van der Waals surface area contributed by atoms with Crippen LogP contribution in [0.25, 0.3) is 0 Å². The van der Waals surface area contributed by atoms with E-state index in [1.807, 2.05) is 0 Å². The molecule has 0 aromatic carbocycles. The predicted molar refractivity (Wildman–Crippen MR) is 323 cm³/mol. The van der Waals surface area contributed by atoms with Gasteiger partial charge in [-0.3, -0.25) is 4.79 Å². The van der Waals surface area contributed by atoms with Crippen molar-refractivity contribution in [1.82, 2.24) is 5.32 Å². The first-order valence-electron chi connectivity index (χ1n) is 33.5. The molecule has 1 heterocycles. The number of nitrogens with one attached hydrogen (secondary N) is 1. The number of carbonyl (C=O) groups excluding carboxylic acids is 1. The summed E-state index contributed by atoms with van der Waals surface area (Å²) in [5, 5.41) is 54.8. The molecule has 0 bridgehead atoms. The Hall–Kier alpha value is -1.33. The first-order valence-corrected chi connectivity index (χ1v) is 33.5. The topological polar surface area (TPSA) is 149 Å². The fourth-order valence-electron chi connectivity index (χ4n) is 11.0. The summed E-state index contributed by atoms with van der Waals surface area (Å²) >= 11 is 0. The molecule has 76 heavy (non-hydrogen) atoms. The van der Waals surface area contributed by atoms with Crippen molar-refractivity contribution in [1.29, 1.82) is 0 Å². The summed E-state index contributed by atoms with van der Waals surface area (Å²) in [4.78, 5) is 13.1. The fraction of sp³-hybridized carbons (Fsp3) is 0.925. The molecule has 0 aromatic rings. The number of hydrogen-bond donors (Lipinski definition) is 6. The second kappa shape index (κ2) is 56.9. The van der Waals surface area contributed by atoms with Gasteiger partial charge in [-0.1, -0.05) is 314 Å². The van der Waals surface area contributed by atoms with Gasteiger partial charge >= 0.3 is 0 Å². The molecule has 7 atom stereocenters. The van der Waals surface area contributed by atoms with Crippen molar-refractivity contribution in [2.45, 2.75) is 384 Å². The highest BCUT2D eigenvalue weighted by molar-refractivity contribution is 5.76. The molecular weight excluding hydrogens is 947 g/mol. The minimum absolute atomic E-state index is 0.133. The molecular formula is C67H129NO8. The van der Waals surface area contributed by atoms with E-state index in [2.05, 4.69) is 43.5 Å². The predicted octanol–water partition coefficient (Wildman–Crippen LogP) is 17.7.